The predicted molar refractivity (Wildman–Crippen MR) is 61.9 cm³/mol. The van der Waals surface area contributed by atoms with Crippen LogP contribution in [0.5, 0.6) is 0 Å². The van der Waals surface area contributed by atoms with Crippen molar-refractivity contribution in [1.29, 1.82) is 0 Å². The molecule has 1 fully saturated rings. The molecule has 1 heterocycles. The number of phosphoric acid groups is 1. The van der Waals surface area contributed by atoms with Gasteiger partial charge in [-0.25, -0.2) is 9.36 Å². The lowest BCUT2D eigenvalue weighted by Gasteiger charge is -2.38. The van der Waals surface area contributed by atoms with Crippen LogP contribution in [0.3, 0.4) is 0 Å². The van der Waals surface area contributed by atoms with Crippen molar-refractivity contribution in [3.05, 3.63) is 0 Å². The van der Waals surface area contributed by atoms with Crippen LogP contribution in [0.25, 0.3) is 0 Å². The fourth-order valence-electron chi connectivity index (χ4n) is 1.64. The van der Waals surface area contributed by atoms with E-state index in [2.05, 4.69) is 9.05 Å². The molecule has 0 amide bonds. The first-order valence-electron chi connectivity index (χ1n) is 5.54. The largest absolute Gasteiger partial charge is 0.479 e. The predicted octanol–water partition coefficient (Wildman–Crippen LogP) is -1.66. The van der Waals surface area contributed by atoms with Crippen LogP contribution >= 0.6 is 7.82 Å². The number of rotatable bonds is 6. The Labute approximate surface area is 114 Å². The Bertz CT molecular complexity index is 379. The molecule has 0 aliphatic carbocycles. The maximum Gasteiger partial charge on any atom is 0.474 e. The van der Waals surface area contributed by atoms with Crippen molar-refractivity contribution in [3.8, 4) is 0 Å². The Balaban J connectivity index is 2.74. The molecule has 0 saturated carbocycles. The Morgan fingerprint density at radius 3 is 2.15 bits per heavy atom. The van der Waals surface area contributed by atoms with Gasteiger partial charge in [0, 0.05) is 14.2 Å². The van der Waals surface area contributed by atoms with Crippen molar-refractivity contribution in [2.24, 2.45) is 0 Å². The molecule has 1 saturated heterocycles. The van der Waals surface area contributed by atoms with E-state index in [9.17, 15) is 24.7 Å². The smallest absolute Gasteiger partial charge is 0.474 e. The summed E-state index contributed by atoms with van der Waals surface area (Å²) in [6, 6.07) is 0. The maximum absolute atomic E-state index is 11.6. The van der Waals surface area contributed by atoms with Crippen molar-refractivity contribution in [2.45, 2.75) is 30.5 Å². The summed E-state index contributed by atoms with van der Waals surface area (Å²) in [5, 5.41) is 37.5. The first kappa shape index (κ1) is 17.5. The van der Waals surface area contributed by atoms with Gasteiger partial charge in [0.1, 0.15) is 24.4 Å². The van der Waals surface area contributed by atoms with Crippen LogP contribution < -0.4 is 0 Å². The third-order valence-corrected chi connectivity index (χ3v) is 4.16. The van der Waals surface area contributed by atoms with Gasteiger partial charge < -0.3 is 25.2 Å². The minimum absolute atomic E-state index is 0.562. The van der Waals surface area contributed by atoms with Gasteiger partial charge in [0.2, 0.25) is 0 Å². The lowest BCUT2D eigenvalue weighted by atomic mass is 9.95. The van der Waals surface area contributed by atoms with Gasteiger partial charge in [0.05, 0.1) is 6.61 Å². The van der Waals surface area contributed by atoms with Crippen LogP contribution in [0.4, 0.5) is 0 Å². The van der Waals surface area contributed by atoms with Crippen LogP contribution in [0, 0.1) is 0 Å². The average Bonchev–Trinajstić information content (AvgIpc) is 2.43. The molecular formula is C9H17O10P. The lowest BCUT2D eigenvalue weighted by Crippen LogP contribution is -2.60. The molecule has 4 N–H and O–H groups in total. The third-order valence-electron chi connectivity index (χ3n) is 2.80. The maximum atomic E-state index is 11.6. The molecule has 0 aromatic carbocycles. The Morgan fingerprint density at radius 1 is 1.15 bits per heavy atom. The van der Waals surface area contributed by atoms with Crippen molar-refractivity contribution < 1.29 is 48.1 Å². The molecule has 2 unspecified atom stereocenters. The number of hydrogen-bond donors (Lipinski definition) is 4. The third kappa shape index (κ3) is 3.74. The quantitative estimate of drug-likeness (QED) is 0.419. The van der Waals surface area contributed by atoms with Crippen LogP contribution in [-0.2, 0) is 27.7 Å². The molecule has 1 rings (SSSR count). The summed E-state index contributed by atoms with van der Waals surface area (Å²) < 4.78 is 30.3. The first-order valence-corrected chi connectivity index (χ1v) is 7.00. The molecule has 0 aromatic rings. The van der Waals surface area contributed by atoms with E-state index in [1.165, 1.54) is 0 Å². The summed E-state index contributed by atoms with van der Waals surface area (Å²) in [4.78, 5) is 10.9. The van der Waals surface area contributed by atoms with Gasteiger partial charge in [-0.05, 0) is 0 Å². The Hall–Kier alpha value is -0.580. The summed E-state index contributed by atoms with van der Waals surface area (Å²) in [7, 11) is -1.69. The van der Waals surface area contributed by atoms with E-state index in [4.69, 9.17) is 14.4 Å². The average molecular weight is 316 g/mol. The monoisotopic (exact) mass is 316 g/mol. The van der Waals surface area contributed by atoms with E-state index in [-0.39, 0.29) is 0 Å². The van der Waals surface area contributed by atoms with E-state index in [1.807, 2.05) is 0 Å². The molecule has 118 valence electrons. The number of hydrogen-bond acceptors (Lipinski definition) is 9. The highest BCUT2D eigenvalue weighted by Gasteiger charge is 2.47. The lowest BCUT2D eigenvalue weighted by molar-refractivity contribution is -0.232. The van der Waals surface area contributed by atoms with Crippen LogP contribution in [0.1, 0.15) is 0 Å². The first-order chi connectivity index (χ1) is 9.25. The van der Waals surface area contributed by atoms with Gasteiger partial charge in [0.15, 0.2) is 6.10 Å². The van der Waals surface area contributed by atoms with Gasteiger partial charge in [-0.2, -0.15) is 0 Å². The summed E-state index contributed by atoms with van der Waals surface area (Å²) in [5.41, 5.74) is 0. The fraction of sp³-hybridized carbons (Fsp3) is 0.889. The number of aliphatic hydroxyl groups is 3. The second kappa shape index (κ2) is 6.92. The molecule has 10 nitrogen and oxygen atoms in total. The van der Waals surface area contributed by atoms with E-state index in [0.29, 0.717) is 0 Å². The van der Waals surface area contributed by atoms with Crippen molar-refractivity contribution >= 4 is 13.8 Å². The SMILES string of the molecule is COP(=O)(OC)OCC1O[C@@H](C(=O)O)C(O)[C@@H](O)[C@@H]1O. The van der Waals surface area contributed by atoms with Gasteiger partial charge in [-0.15, -0.1) is 0 Å². The van der Waals surface area contributed by atoms with Crippen LogP contribution in [0.2, 0.25) is 0 Å². The molecule has 0 radical (unpaired) electrons. The Kier molecular flexibility index (Phi) is 6.05. The number of aliphatic hydroxyl groups excluding tert-OH is 3. The Morgan fingerprint density at radius 2 is 1.70 bits per heavy atom. The zero-order valence-corrected chi connectivity index (χ0v) is 11.7. The molecule has 5 atom stereocenters. The van der Waals surface area contributed by atoms with Gasteiger partial charge in [-0.1, -0.05) is 0 Å². The van der Waals surface area contributed by atoms with Gasteiger partial charge >= 0.3 is 13.8 Å². The normalized spacial score (nSPS) is 35.0. The number of carboxylic acid groups (broad SMARTS) is 1. The number of carbonyl (C=O) groups is 1. The highest BCUT2D eigenvalue weighted by Crippen LogP contribution is 2.47. The highest BCUT2D eigenvalue weighted by molar-refractivity contribution is 7.48. The van der Waals surface area contributed by atoms with Crippen molar-refractivity contribution in [1.82, 2.24) is 0 Å². The molecule has 11 heteroatoms. The van der Waals surface area contributed by atoms with Crippen LogP contribution in [0.15, 0.2) is 0 Å². The standard InChI is InChI=1S/C9H17O10P/c1-16-20(15,17-2)18-3-4-5(10)6(11)7(12)8(19-4)9(13)14/h4-8,10-12H,3H2,1-2H3,(H,13,14)/t4?,5-,6+,7?,8-/m1/s1. The number of aliphatic carboxylic acids is 1. The summed E-state index contributed by atoms with van der Waals surface area (Å²) >= 11 is 0. The summed E-state index contributed by atoms with van der Waals surface area (Å²) in [5.74, 6) is -1.52. The molecule has 20 heavy (non-hydrogen) atoms. The molecule has 1 aliphatic rings. The minimum Gasteiger partial charge on any atom is -0.479 e. The minimum atomic E-state index is -3.84. The number of phosphoric ester groups is 1. The topological polar surface area (TPSA) is 152 Å². The second-order valence-electron chi connectivity index (χ2n) is 4.01. The van der Waals surface area contributed by atoms with Crippen molar-refractivity contribution in [3.63, 3.8) is 0 Å². The van der Waals surface area contributed by atoms with E-state index < -0.39 is 50.9 Å². The zero-order chi connectivity index (χ0) is 15.5. The summed E-state index contributed by atoms with van der Waals surface area (Å²) in [6.45, 7) is -0.562. The van der Waals surface area contributed by atoms with E-state index in [0.717, 1.165) is 14.2 Å². The molecular weight excluding hydrogens is 299 g/mol. The molecule has 1 aliphatic heterocycles. The van der Waals surface area contributed by atoms with Gasteiger partial charge in [0.25, 0.3) is 0 Å². The molecule has 0 aromatic heterocycles. The van der Waals surface area contributed by atoms with E-state index in [1.54, 1.807) is 0 Å². The molecule has 0 bridgehead atoms. The number of carboxylic acids is 1. The van der Waals surface area contributed by atoms with Gasteiger partial charge in [-0.3, -0.25) is 13.6 Å². The van der Waals surface area contributed by atoms with Crippen molar-refractivity contribution in [2.75, 3.05) is 20.8 Å². The highest BCUT2D eigenvalue weighted by atomic mass is 31.2. The summed E-state index contributed by atoms with van der Waals surface area (Å²) in [6.07, 6.45) is -8.24. The molecule has 0 spiro atoms. The fourth-order valence-corrected chi connectivity index (χ4v) is 2.33. The number of ether oxygens (including phenoxy) is 1. The van der Waals surface area contributed by atoms with Crippen LogP contribution in [-0.4, -0.2) is 77.7 Å². The zero-order valence-electron chi connectivity index (χ0n) is 10.8. The van der Waals surface area contributed by atoms with E-state index >= 15 is 0 Å². The second-order valence-corrected chi connectivity index (χ2v) is 5.90.